The molecule has 2 heterocycles. The SMILES string of the molecule is O=C1CC[C@H](/C=C(\c2ccc(Cl)c(F)c2)c2ccc(C3CC3)c(=O)[nH]2)N1. The number of pyridine rings is 1. The van der Waals surface area contributed by atoms with Crippen molar-refractivity contribution in [3.05, 3.63) is 74.4 Å². The molecular weight excluding hydrogens is 355 g/mol. The van der Waals surface area contributed by atoms with Crippen molar-refractivity contribution in [3.63, 3.8) is 0 Å². The highest BCUT2D eigenvalue weighted by atomic mass is 35.5. The predicted molar refractivity (Wildman–Crippen MR) is 98.7 cm³/mol. The number of aromatic amines is 1. The molecule has 0 unspecified atom stereocenters. The first kappa shape index (κ1) is 17.0. The summed E-state index contributed by atoms with van der Waals surface area (Å²) in [5.74, 6) is -0.185. The first-order valence-corrected chi connectivity index (χ1v) is 9.09. The molecule has 1 aliphatic carbocycles. The Hall–Kier alpha value is -2.40. The molecule has 1 aliphatic heterocycles. The second-order valence-corrected chi connectivity index (χ2v) is 7.26. The van der Waals surface area contributed by atoms with E-state index in [9.17, 15) is 14.0 Å². The standard InChI is InChI=1S/C20H18ClFN2O2/c21-16-6-3-12(9-17(16)22)15(10-13-4-8-19(25)23-13)18-7-5-14(11-1-2-11)20(26)24-18/h3,5-7,9-11,13H,1-2,4,8H2,(H,23,25)(H,24,26)/b15-10+/t13-/m1/s1. The van der Waals surface area contributed by atoms with E-state index in [4.69, 9.17) is 11.6 Å². The van der Waals surface area contributed by atoms with Crippen molar-refractivity contribution in [2.45, 2.75) is 37.6 Å². The molecule has 0 radical (unpaired) electrons. The molecule has 1 saturated carbocycles. The molecule has 4 rings (SSSR count). The zero-order valence-corrected chi connectivity index (χ0v) is 14.8. The Morgan fingerprint density at radius 3 is 2.58 bits per heavy atom. The van der Waals surface area contributed by atoms with Crippen molar-refractivity contribution in [3.8, 4) is 0 Å². The molecule has 4 nitrogen and oxygen atoms in total. The summed E-state index contributed by atoms with van der Waals surface area (Å²) >= 11 is 5.80. The van der Waals surface area contributed by atoms with Crippen LogP contribution in [0.2, 0.25) is 5.02 Å². The fourth-order valence-corrected chi connectivity index (χ4v) is 3.44. The van der Waals surface area contributed by atoms with Crippen LogP contribution >= 0.6 is 11.6 Å². The van der Waals surface area contributed by atoms with Gasteiger partial charge in [-0.2, -0.15) is 0 Å². The zero-order valence-electron chi connectivity index (χ0n) is 14.0. The summed E-state index contributed by atoms with van der Waals surface area (Å²) in [5.41, 5.74) is 2.56. The molecule has 0 bridgehead atoms. The second kappa shape index (κ2) is 6.72. The monoisotopic (exact) mass is 372 g/mol. The number of aromatic nitrogens is 1. The highest BCUT2D eigenvalue weighted by Crippen LogP contribution is 2.38. The number of rotatable bonds is 4. The molecule has 1 aromatic carbocycles. The highest BCUT2D eigenvalue weighted by Gasteiger charge is 2.26. The maximum Gasteiger partial charge on any atom is 0.251 e. The van der Waals surface area contributed by atoms with E-state index in [1.165, 1.54) is 12.1 Å². The number of H-pyrrole nitrogens is 1. The number of carbonyl (C=O) groups is 1. The van der Waals surface area contributed by atoms with E-state index in [0.29, 0.717) is 35.6 Å². The summed E-state index contributed by atoms with van der Waals surface area (Å²) < 4.78 is 14.0. The smallest absolute Gasteiger partial charge is 0.251 e. The fourth-order valence-electron chi connectivity index (χ4n) is 3.33. The van der Waals surface area contributed by atoms with E-state index in [0.717, 1.165) is 18.4 Å². The van der Waals surface area contributed by atoms with Crippen LogP contribution in [0.5, 0.6) is 0 Å². The zero-order chi connectivity index (χ0) is 18.3. The molecule has 6 heteroatoms. The van der Waals surface area contributed by atoms with Crippen molar-refractivity contribution in [1.29, 1.82) is 0 Å². The average Bonchev–Trinajstić information content (AvgIpc) is 3.37. The predicted octanol–water partition coefficient (Wildman–Crippen LogP) is 3.76. The van der Waals surface area contributed by atoms with Crippen LogP contribution in [0.15, 0.2) is 41.2 Å². The Morgan fingerprint density at radius 1 is 1.15 bits per heavy atom. The van der Waals surface area contributed by atoms with Gasteiger partial charge in [0.15, 0.2) is 0 Å². The summed E-state index contributed by atoms with van der Waals surface area (Å²) in [6.07, 6.45) is 5.09. The van der Waals surface area contributed by atoms with E-state index in [2.05, 4.69) is 10.3 Å². The van der Waals surface area contributed by atoms with Gasteiger partial charge in [0, 0.05) is 29.3 Å². The molecular formula is C20H18ClFN2O2. The molecule has 1 amide bonds. The Kier molecular flexibility index (Phi) is 4.41. The van der Waals surface area contributed by atoms with Crippen LogP contribution in [0.3, 0.4) is 0 Å². The van der Waals surface area contributed by atoms with E-state index < -0.39 is 5.82 Å². The lowest BCUT2D eigenvalue weighted by atomic mass is 9.98. The third-order valence-corrected chi connectivity index (χ3v) is 5.18. The van der Waals surface area contributed by atoms with E-state index in [1.807, 2.05) is 18.2 Å². The van der Waals surface area contributed by atoms with Crippen molar-refractivity contribution < 1.29 is 9.18 Å². The van der Waals surface area contributed by atoms with Crippen LogP contribution in [0, 0.1) is 5.82 Å². The Morgan fingerprint density at radius 2 is 1.96 bits per heavy atom. The van der Waals surface area contributed by atoms with E-state index in [1.54, 1.807) is 6.07 Å². The molecule has 134 valence electrons. The molecule has 1 atom stereocenters. The molecule has 2 aliphatic rings. The summed E-state index contributed by atoms with van der Waals surface area (Å²) in [4.78, 5) is 26.9. The fraction of sp³-hybridized carbons (Fsp3) is 0.300. The number of carbonyl (C=O) groups excluding carboxylic acids is 1. The maximum absolute atomic E-state index is 14.0. The minimum absolute atomic E-state index is 0.00883. The van der Waals surface area contributed by atoms with Gasteiger partial charge < -0.3 is 10.3 Å². The van der Waals surface area contributed by atoms with Crippen LogP contribution in [0.1, 0.15) is 48.4 Å². The van der Waals surface area contributed by atoms with Gasteiger partial charge in [-0.3, -0.25) is 9.59 Å². The quantitative estimate of drug-likeness (QED) is 0.858. The number of hydrogen-bond donors (Lipinski definition) is 2. The molecule has 0 spiro atoms. The maximum atomic E-state index is 14.0. The normalized spacial score (nSPS) is 20.3. The van der Waals surface area contributed by atoms with E-state index in [-0.39, 0.29) is 22.5 Å². The molecule has 2 N–H and O–H groups in total. The van der Waals surface area contributed by atoms with Crippen LogP contribution in [0.4, 0.5) is 4.39 Å². The van der Waals surface area contributed by atoms with Gasteiger partial charge in [0.25, 0.3) is 5.56 Å². The lowest BCUT2D eigenvalue weighted by Gasteiger charge is -2.13. The van der Waals surface area contributed by atoms with Crippen molar-refractivity contribution in [2.24, 2.45) is 0 Å². The average molecular weight is 373 g/mol. The Balaban J connectivity index is 1.78. The van der Waals surface area contributed by atoms with Crippen LogP contribution in [-0.4, -0.2) is 16.9 Å². The third kappa shape index (κ3) is 3.44. The molecule has 1 aromatic heterocycles. The van der Waals surface area contributed by atoms with Gasteiger partial charge in [-0.15, -0.1) is 0 Å². The second-order valence-electron chi connectivity index (χ2n) is 6.85. The molecule has 26 heavy (non-hydrogen) atoms. The van der Waals surface area contributed by atoms with Crippen LogP contribution in [0.25, 0.3) is 5.57 Å². The van der Waals surface area contributed by atoms with Gasteiger partial charge in [-0.05, 0) is 48.9 Å². The lowest BCUT2D eigenvalue weighted by molar-refractivity contribution is -0.119. The first-order valence-electron chi connectivity index (χ1n) is 8.71. The molecule has 1 saturated heterocycles. The summed E-state index contributed by atoms with van der Waals surface area (Å²) in [6, 6.07) is 8.09. The van der Waals surface area contributed by atoms with Crippen LogP contribution < -0.4 is 10.9 Å². The van der Waals surface area contributed by atoms with Gasteiger partial charge in [-0.1, -0.05) is 29.8 Å². The third-order valence-electron chi connectivity index (χ3n) is 4.87. The summed E-state index contributed by atoms with van der Waals surface area (Å²) in [5, 5.41) is 2.92. The minimum atomic E-state index is -0.525. The van der Waals surface area contributed by atoms with Crippen molar-refractivity contribution >= 4 is 23.1 Å². The van der Waals surface area contributed by atoms with Gasteiger partial charge >= 0.3 is 0 Å². The number of amides is 1. The highest BCUT2D eigenvalue weighted by molar-refractivity contribution is 6.30. The van der Waals surface area contributed by atoms with Crippen molar-refractivity contribution in [1.82, 2.24) is 10.3 Å². The Bertz CT molecular complexity index is 963. The topological polar surface area (TPSA) is 62.0 Å². The number of halogens is 2. The van der Waals surface area contributed by atoms with Crippen LogP contribution in [-0.2, 0) is 4.79 Å². The van der Waals surface area contributed by atoms with Gasteiger partial charge in [0.1, 0.15) is 5.82 Å². The summed E-state index contributed by atoms with van der Waals surface area (Å²) in [7, 11) is 0. The van der Waals surface area contributed by atoms with Crippen molar-refractivity contribution in [2.75, 3.05) is 0 Å². The molecule has 2 fully saturated rings. The van der Waals surface area contributed by atoms with Gasteiger partial charge in [-0.25, -0.2) is 4.39 Å². The minimum Gasteiger partial charge on any atom is -0.350 e. The molecule has 2 aromatic rings. The van der Waals surface area contributed by atoms with E-state index >= 15 is 0 Å². The number of nitrogens with one attached hydrogen (secondary N) is 2. The number of benzene rings is 1. The van der Waals surface area contributed by atoms with Gasteiger partial charge in [0.2, 0.25) is 5.91 Å². The Labute approximate surface area is 155 Å². The summed E-state index contributed by atoms with van der Waals surface area (Å²) in [6.45, 7) is 0. The first-order chi connectivity index (χ1) is 12.5. The number of hydrogen-bond acceptors (Lipinski definition) is 2. The lowest BCUT2D eigenvalue weighted by Crippen LogP contribution is -2.23. The largest absolute Gasteiger partial charge is 0.350 e. The van der Waals surface area contributed by atoms with Gasteiger partial charge in [0.05, 0.1) is 5.02 Å².